The molecule has 0 atom stereocenters. The number of hydrogen-bond donors (Lipinski definition) is 0. The van der Waals surface area contributed by atoms with E-state index < -0.39 is 0 Å². The van der Waals surface area contributed by atoms with Crippen LogP contribution in [0.1, 0.15) is 10.4 Å². The zero-order chi connectivity index (χ0) is 9.97. The molecule has 0 radical (unpaired) electrons. The Morgan fingerprint density at radius 2 is 2.00 bits per heavy atom. The van der Waals surface area contributed by atoms with Crippen molar-refractivity contribution in [1.82, 2.24) is 9.78 Å². The fraction of sp³-hybridized carbons (Fsp3) is 0. The molecular weight excluding hydrogens is 291 g/mol. The van der Waals surface area contributed by atoms with Gasteiger partial charge in [0.2, 0.25) is 3.79 Å². The Bertz CT molecular complexity index is 450. The third kappa shape index (κ3) is 1.84. The first-order valence-corrected chi connectivity index (χ1v) is 5.15. The van der Waals surface area contributed by atoms with E-state index in [0.717, 1.165) is 5.69 Å². The molecule has 0 N–H and O–H groups in total. The molecule has 1 aromatic carbocycles. The standard InChI is InChI=1S/C10H7IN2O/c11-10(14)8-6-12-13(7-8)9-4-2-1-3-5-9/h1-7H. The third-order valence-corrected chi connectivity index (χ3v) is 2.45. The van der Waals surface area contributed by atoms with E-state index in [0.29, 0.717) is 5.56 Å². The van der Waals surface area contributed by atoms with Gasteiger partial charge in [-0.05, 0) is 12.1 Å². The lowest BCUT2D eigenvalue weighted by atomic mass is 10.3. The summed E-state index contributed by atoms with van der Waals surface area (Å²) >= 11 is 1.75. The molecule has 1 aromatic heterocycles. The van der Waals surface area contributed by atoms with E-state index >= 15 is 0 Å². The van der Waals surface area contributed by atoms with Gasteiger partial charge in [0.15, 0.2) is 0 Å². The van der Waals surface area contributed by atoms with Gasteiger partial charge in [-0.3, -0.25) is 4.79 Å². The minimum Gasteiger partial charge on any atom is -0.282 e. The molecular formula is C10H7IN2O. The van der Waals surface area contributed by atoms with E-state index in [9.17, 15) is 4.79 Å². The van der Waals surface area contributed by atoms with Gasteiger partial charge in [-0.2, -0.15) is 5.10 Å². The van der Waals surface area contributed by atoms with Gasteiger partial charge in [0, 0.05) is 28.8 Å². The van der Waals surface area contributed by atoms with Crippen molar-refractivity contribution in [3.8, 4) is 5.69 Å². The summed E-state index contributed by atoms with van der Waals surface area (Å²) < 4.78 is 1.69. The minimum atomic E-state index is 0.00443. The van der Waals surface area contributed by atoms with Crippen molar-refractivity contribution in [3.05, 3.63) is 48.3 Å². The van der Waals surface area contributed by atoms with Gasteiger partial charge in [-0.15, -0.1) is 0 Å². The Morgan fingerprint density at radius 3 is 2.57 bits per heavy atom. The molecule has 70 valence electrons. The molecule has 3 nitrogen and oxygen atoms in total. The van der Waals surface area contributed by atoms with Crippen LogP contribution in [0.2, 0.25) is 0 Å². The molecule has 0 saturated heterocycles. The molecule has 0 spiro atoms. The molecule has 0 saturated carbocycles. The van der Waals surface area contributed by atoms with Crippen molar-refractivity contribution in [2.24, 2.45) is 0 Å². The van der Waals surface area contributed by atoms with Crippen LogP contribution in [0.25, 0.3) is 5.69 Å². The molecule has 0 amide bonds. The van der Waals surface area contributed by atoms with Gasteiger partial charge in [0.25, 0.3) is 0 Å². The fourth-order valence-corrected chi connectivity index (χ4v) is 1.42. The maximum atomic E-state index is 11.0. The third-order valence-electron chi connectivity index (χ3n) is 1.83. The second-order valence-corrected chi connectivity index (χ2v) is 3.76. The van der Waals surface area contributed by atoms with E-state index in [4.69, 9.17) is 0 Å². The van der Waals surface area contributed by atoms with Crippen LogP contribution in [0.15, 0.2) is 42.7 Å². The number of hydrogen-bond acceptors (Lipinski definition) is 2. The Balaban J connectivity index is 2.39. The number of para-hydroxylation sites is 1. The average molecular weight is 298 g/mol. The lowest BCUT2D eigenvalue weighted by Gasteiger charge is -1.98. The van der Waals surface area contributed by atoms with E-state index in [1.165, 1.54) is 0 Å². The molecule has 0 fully saturated rings. The number of halogens is 1. The molecule has 1 heterocycles. The normalized spacial score (nSPS) is 10.1. The van der Waals surface area contributed by atoms with E-state index in [-0.39, 0.29) is 3.79 Å². The Morgan fingerprint density at radius 1 is 1.29 bits per heavy atom. The first-order valence-electron chi connectivity index (χ1n) is 4.07. The maximum absolute atomic E-state index is 11.0. The second-order valence-electron chi connectivity index (χ2n) is 2.78. The van der Waals surface area contributed by atoms with E-state index in [2.05, 4.69) is 5.10 Å². The van der Waals surface area contributed by atoms with Gasteiger partial charge in [0.1, 0.15) is 0 Å². The van der Waals surface area contributed by atoms with Crippen molar-refractivity contribution < 1.29 is 4.79 Å². The van der Waals surface area contributed by atoms with Gasteiger partial charge in [-0.1, -0.05) is 18.2 Å². The summed E-state index contributed by atoms with van der Waals surface area (Å²) in [5.74, 6) is 0. The molecule has 0 aliphatic carbocycles. The minimum absolute atomic E-state index is 0.00443. The number of nitrogens with zero attached hydrogens (tertiary/aromatic N) is 2. The molecule has 2 rings (SSSR count). The van der Waals surface area contributed by atoms with Crippen LogP contribution < -0.4 is 0 Å². The van der Waals surface area contributed by atoms with Crippen molar-refractivity contribution in [3.63, 3.8) is 0 Å². The molecule has 2 aromatic rings. The summed E-state index contributed by atoms with van der Waals surface area (Å²) in [5, 5.41) is 4.10. The van der Waals surface area contributed by atoms with E-state index in [1.807, 2.05) is 30.3 Å². The predicted octanol–water partition coefficient (Wildman–Crippen LogP) is 2.45. The van der Waals surface area contributed by atoms with Crippen molar-refractivity contribution in [1.29, 1.82) is 0 Å². The number of carbonyl (C=O) groups excluding carboxylic acids is 1. The lowest BCUT2D eigenvalue weighted by molar-refractivity contribution is 0.110. The summed E-state index contributed by atoms with van der Waals surface area (Å²) in [4.78, 5) is 11.0. The highest BCUT2D eigenvalue weighted by molar-refractivity contribution is 14.1. The quantitative estimate of drug-likeness (QED) is 0.630. The summed E-state index contributed by atoms with van der Waals surface area (Å²) in [7, 11) is 0. The Hall–Kier alpha value is -1.17. The molecule has 0 bridgehead atoms. The van der Waals surface area contributed by atoms with Crippen LogP contribution in [0.3, 0.4) is 0 Å². The average Bonchev–Trinajstić information content (AvgIpc) is 2.68. The topological polar surface area (TPSA) is 34.9 Å². The number of carbonyl (C=O) groups is 1. The van der Waals surface area contributed by atoms with Gasteiger partial charge < -0.3 is 0 Å². The van der Waals surface area contributed by atoms with Crippen LogP contribution in [0, 0.1) is 0 Å². The van der Waals surface area contributed by atoms with Gasteiger partial charge >= 0.3 is 0 Å². The van der Waals surface area contributed by atoms with Crippen LogP contribution in [0.4, 0.5) is 0 Å². The molecule has 0 unspecified atom stereocenters. The zero-order valence-corrected chi connectivity index (χ0v) is 9.38. The summed E-state index contributed by atoms with van der Waals surface area (Å²) in [5.41, 5.74) is 1.57. The Labute approximate surface area is 94.9 Å². The summed E-state index contributed by atoms with van der Waals surface area (Å²) in [6.45, 7) is 0. The van der Waals surface area contributed by atoms with Crippen LogP contribution in [0.5, 0.6) is 0 Å². The first kappa shape index (κ1) is 9.39. The Kier molecular flexibility index (Phi) is 2.62. The number of rotatable bonds is 2. The molecule has 4 heteroatoms. The maximum Gasteiger partial charge on any atom is 0.225 e. The van der Waals surface area contributed by atoms with E-state index in [1.54, 1.807) is 39.7 Å². The molecule has 0 aliphatic heterocycles. The highest BCUT2D eigenvalue weighted by Crippen LogP contribution is 2.09. The predicted molar refractivity (Wildman–Crippen MR) is 61.9 cm³/mol. The van der Waals surface area contributed by atoms with Crippen LogP contribution in [-0.2, 0) is 0 Å². The number of benzene rings is 1. The van der Waals surface area contributed by atoms with Gasteiger partial charge in [-0.25, -0.2) is 4.68 Å². The first-order chi connectivity index (χ1) is 6.77. The highest BCUT2D eigenvalue weighted by atomic mass is 127. The van der Waals surface area contributed by atoms with Crippen LogP contribution in [-0.4, -0.2) is 13.6 Å². The SMILES string of the molecule is O=C(I)c1cnn(-c2ccccc2)c1. The summed E-state index contributed by atoms with van der Waals surface area (Å²) in [6.07, 6.45) is 3.30. The lowest BCUT2D eigenvalue weighted by Crippen LogP contribution is -1.92. The van der Waals surface area contributed by atoms with Gasteiger partial charge in [0.05, 0.1) is 17.4 Å². The molecule has 0 aliphatic rings. The second kappa shape index (κ2) is 3.91. The number of aromatic nitrogens is 2. The smallest absolute Gasteiger partial charge is 0.225 e. The van der Waals surface area contributed by atoms with Crippen molar-refractivity contribution in [2.75, 3.05) is 0 Å². The zero-order valence-electron chi connectivity index (χ0n) is 7.22. The highest BCUT2D eigenvalue weighted by Gasteiger charge is 2.04. The largest absolute Gasteiger partial charge is 0.282 e. The van der Waals surface area contributed by atoms with Crippen LogP contribution >= 0.6 is 22.6 Å². The fourth-order valence-electron chi connectivity index (χ4n) is 1.15. The monoisotopic (exact) mass is 298 g/mol. The van der Waals surface area contributed by atoms with Crippen molar-refractivity contribution >= 4 is 26.4 Å². The molecule has 14 heavy (non-hydrogen) atoms. The summed E-state index contributed by atoms with van der Waals surface area (Å²) in [6, 6.07) is 9.69. The van der Waals surface area contributed by atoms with Crippen molar-refractivity contribution in [2.45, 2.75) is 0 Å².